The van der Waals surface area contributed by atoms with E-state index in [0.29, 0.717) is 24.2 Å². The molecule has 2 aromatic rings. The van der Waals surface area contributed by atoms with Crippen LogP contribution in [-0.4, -0.2) is 33.1 Å². The molecule has 0 spiro atoms. The summed E-state index contributed by atoms with van der Waals surface area (Å²) in [4.78, 5) is 29.5. The highest BCUT2D eigenvalue weighted by molar-refractivity contribution is 7.99. The molecule has 0 unspecified atom stereocenters. The second-order valence-electron chi connectivity index (χ2n) is 4.72. The van der Waals surface area contributed by atoms with Crippen LogP contribution in [0.5, 0.6) is 0 Å². The summed E-state index contributed by atoms with van der Waals surface area (Å²) in [6.07, 6.45) is 1.70. The molecule has 0 fully saturated rings. The fourth-order valence-electron chi connectivity index (χ4n) is 2.13. The smallest absolute Gasteiger partial charge is 0.332 e. The van der Waals surface area contributed by atoms with E-state index in [-0.39, 0.29) is 11.2 Å². The van der Waals surface area contributed by atoms with E-state index in [1.807, 2.05) is 13.8 Å². The van der Waals surface area contributed by atoms with Crippen LogP contribution in [0.25, 0.3) is 11.0 Å². The van der Waals surface area contributed by atoms with Gasteiger partial charge in [-0.3, -0.25) is 13.9 Å². The van der Waals surface area contributed by atoms with Crippen LogP contribution in [0.1, 0.15) is 12.5 Å². The first-order valence-electron chi connectivity index (χ1n) is 6.74. The third kappa shape index (κ3) is 2.89. The summed E-state index contributed by atoms with van der Waals surface area (Å²) in [5.41, 5.74) is 0.685. The molecule has 0 aliphatic heterocycles. The van der Waals surface area contributed by atoms with Crippen molar-refractivity contribution in [2.75, 3.05) is 19.0 Å². The molecule has 0 atom stereocenters. The molecule has 6 nitrogen and oxygen atoms in total. The Hall–Kier alpha value is -1.60. The molecule has 0 radical (unpaired) electrons. The SMILES string of the molecule is CCOCCSc1c(C)cnc2c1c(=O)n(C)c(=O)n2C. The Morgan fingerprint density at radius 1 is 1.29 bits per heavy atom. The van der Waals surface area contributed by atoms with Crippen LogP contribution >= 0.6 is 11.8 Å². The zero-order valence-electron chi connectivity index (χ0n) is 12.7. The third-order valence-corrected chi connectivity index (χ3v) is 4.46. The van der Waals surface area contributed by atoms with Gasteiger partial charge < -0.3 is 4.74 Å². The normalized spacial score (nSPS) is 11.2. The van der Waals surface area contributed by atoms with Gasteiger partial charge in [0.15, 0.2) is 0 Å². The highest BCUT2D eigenvalue weighted by atomic mass is 32.2. The molecule has 0 saturated heterocycles. The van der Waals surface area contributed by atoms with Crippen molar-refractivity contribution in [2.45, 2.75) is 18.7 Å². The predicted octanol–water partition coefficient (Wildman–Crippen LogP) is 1.07. The van der Waals surface area contributed by atoms with Crippen molar-refractivity contribution >= 4 is 22.8 Å². The number of pyridine rings is 1. The standard InChI is InChI=1S/C14H19N3O3S/c1-5-20-6-7-21-11-9(2)8-15-12-10(11)13(18)17(4)14(19)16(12)3/h8H,5-7H2,1-4H3. The molecular weight excluding hydrogens is 290 g/mol. The van der Waals surface area contributed by atoms with Gasteiger partial charge in [-0.1, -0.05) is 0 Å². The molecule has 2 aromatic heterocycles. The summed E-state index contributed by atoms with van der Waals surface area (Å²) in [6.45, 7) is 5.16. The lowest BCUT2D eigenvalue weighted by Gasteiger charge is -2.12. The van der Waals surface area contributed by atoms with Gasteiger partial charge in [0.2, 0.25) is 0 Å². The maximum atomic E-state index is 12.4. The maximum absolute atomic E-state index is 12.4. The minimum atomic E-state index is -0.367. The number of aromatic nitrogens is 3. The lowest BCUT2D eigenvalue weighted by Crippen LogP contribution is -2.37. The summed E-state index contributed by atoms with van der Waals surface area (Å²) in [5, 5.41) is 0.501. The van der Waals surface area contributed by atoms with E-state index >= 15 is 0 Å². The van der Waals surface area contributed by atoms with Crippen molar-refractivity contribution in [3.8, 4) is 0 Å². The molecule has 2 heterocycles. The molecule has 114 valence electrons. The van der Waals surface area contributed by atoms with Gasteiger partial charge in [0.25, 0.3) is 5.56 Å². The van der Waals surface area contributed by atoms with E-state index < -0.39 is 0 Å². The number of thioether (sulfide) groups is 1. The van der Waals surface area contributed by atoms with Gasteiger partial charge in [-0.2, -0.15) is 0 Å². The van der Waals surface area contributed by atoms with E-state index in [1.54, 1.807) is 25.0 Å². The van der Waals surface area contributed by atoms with Crippen LogP contribution in [0.15, 0.2) is 20.7 Å². The number of hydrogen-bond donors (Lipinski definition) is 0. The molecule has 0 aromatic carbocycles. The van der Waals surface area contributed by atoms with E-state index in [2.05, 4.69) is 4.98 Å². The van der Waals surface area contributed by atoms with Gasteiger partial charge in [-0.25, -0.2) is 9.78 Å². The minimum absolute atomic E-state index is 0.303. The number of ether oxygens (including phenoxy) is 1. The van der Waals surface area contributed by atoms with Crippen LogP contribution in [0.4, 0.5) is 0 Å². The zero-order valence-corrected chi connectivity index (χ0v) is 13.5. The van der Waals surface area contributed by atoms with Crippen LogP contribution in [0.3, 0.4) is 0 Å². The van der Waals surface area contributed by atoms with Crippen molar-refractivity contribution in [3.05, 3.63) is 32.6 Å². The fraction of sp³-hybridized carbons (Fsp3) is 0.500. The molecule has 7 heteroatoms. The molecule has 0 aliphatic carbocycles. The predicted molar refractivity (Wildman–Crippen MR) is 84.2 cm³/mol. The number of fused-ring (bicyclic) bond motifs is 1. The van der Waals surface area contributed by atoms with Crippen molar-refractivity contribution < 1.29 is 4.74 Å². The van der Waals surface area contributed by atoms with Gasteiger partial charge in [-0.05, 0) is 19.4 Å². The highest BCUT2D eigenvalue weighted by Crippen LogP contribution is 2.27. The first-order chi connectivity index (χ1) is 9.99. The van der Waals surface area contributed by atoms with Crippen LogP contribution < -0.4 is 11.2 Å². The van der Waals surface area contributed by atoms with Crippen LogP contribution in [0, 0.1) is 6.92 Å². The maximum Gasteiger partial charge on any atom is 0.332 e. The van der Waals surface area contributed by atoms with Gasteiger partial charge >= 0.3 is 5.69 Å². The summed E-state index contributed by atoms with van der Waals surface area (Å²) < 4.78 is 7.86. The van der Waals surface area contributed by atoms with Gasteiger partial charge in [0.05, 0.1) is 12.0 Å². The topological polar surface area (TPSA) is 66.1 Å². The Labute approximate surface area is 126 Å². The third-order valence-electron chi connectivity index (χ3n) is 3.28. The summed E-state index contributed by atoms with van der Waals surface area (Å²) in [5.74, 6) is 0.750. The highest BCUT2D eigenvalue weighted by Gasteiger charge is 2.15. The average Bonchev–Trinajstić information content (AvgIpc) is 2.48. The lowest BCUT2D eigenvalue weighted by atomic mass is 10.2. The van der Waals surface area contributed by atoms with E-state index in [0.717, 1.165) is 20.8 Å². The summed E-state index contributed by atoms with van der Waals surface area (Å²) in [7, 11) is 3.11. The van der Waals surface area contributed by atoms with Crippen LogP contribution in [-0.2, 0) is 18.8 Å². The molecule has 21 heavy (non-hydrogen) atoms. The van der Waals surface area contributed by atoms with Crippen molar-refractivity contribution in [2.24, 2.45) is 14.1 Å². The number of nitrogens with zero attached hydrogens (tertiary/aromatic N) is 3. The number of aryl methyl sites for hydroxylation is 2. The van der Waals surface area contributed by atoms with Crippen molar-refractivity contribution in [3.63, 3.8) is 0 Å². The van der Waals surface area contributed by atoms with E-state index in [4.69, 9.17) is 4.74 Å². The van der Waals surface area contributed by atoms with Gasteiger partial charge in [-0.15, -0.1) is 11.8 Å². The fourth-order valence-corrected chi connectivity index (χ4v) is 3.14. The molecule has 0 bridgehead atoms. The molecule has 0 saturated carbocycles. The summed E-state index contributed by atoms with van der Waals surface area (Å²) in [6, 6.07) is 0. The second-order valence-corrected chi connectivity index (χ2v) is 5.83. The quantitative estimate of drug-likeness (QED) is 0.610. The van der Waals surface area contributed by atoms with E-state index in [9.17, 15) is 9.59 Å². The Bertz CT molecular complexity index is 780. The molecular formula is C14H19N3O3S. The summed E-state index contributed by atoms with van der Waals surface area (Å²) >= 11 is 1.56. The molecule has 0 N–H and O–H groups in total. The Morgan fingerprint density at radius 3 is 2.67 bits per heavy atom. The monoisotopic (exact) mass is 309 g/mol. The van der Waals surface area contributed by atoms with Crippen LogP contribution in [0.2, 0.25) is 0 Å². The first-order valence-corrected chi connectivity index (χ1v) is 7.73. The minimum Gasteiger partial charge on any atom is -0.381 e. The first kappa shape index (κ1) is 15.8. The Balaban J connectivity index is 2.61. The Morgan fingerprint density at radius 2 is 2.00 bits per heavy atom. The largest absolute Gasteiger partial charge is 0.381 e. The molecule has 2 rings (SSSR count). The average molecular weight is 309 g/mol. The molecule has 0 amide bonds. The zero-order chi connectivity index (χ0) is 15.6. The lowest BCUT2D eigenvalue weighted by molar-refractivity contribution is 0.164. The van der Waals surface area contributed by atoms with Crippen molar-refractivity contribution in [1.82, 2.24) is 14.1 Å². The second kappa shape index (κ2) is 6.44. The van der Waals surface area contributed by atoms with E-state index in [1.165, 1.54) is 11.6 Å². The number of hydrogen-bond acceptors (Lipinski definition) is 5. The molecule has 0 aliphatic rings. The van der Waals surface area contributed by atoms with Gasteiger partial charge in [0, 0.05) is 37.5 Å². The van der Waals surface area contributed by atoms with Crippen molar-refractivity contribution in [1.29, 1.82) is 0 Å². The van der Waals surface area contributed by atoms with Gasteiger partial charge in [0.1, 0.15) is 5.65 Å². The Kier molecular flexibility index (Phi) is 4.84. The number of rotatable bonds is 5.